The van der Waals surface area contributed by atoms with E-state index in [1.165, 1.54) is 13.2 Å². The minimum absolute atomic E-state index is 0.318. The predicted octanol–water partition coefficient (Wildman–Crippen LogP) is 2.57. The van der Waals surface area contributed by atoms with Crippen molar-refractivity contribution in [3.8, 4) is 11.5 Å². The van der Waals surface area contributed by atoms with Crippen LogP contribution in [0.3, 0.4) is 0 Å². The van der Waals surface area contributed by atoms with E-state index in [9.17, 15) is 9.59 Å². The van der Waals surface area contributed by atoms with Crippen molar-refractivity contribution in [2.75, 3.05) is 20.8 Å². The van der Waals surface area contributed by atoms with Crippen LogP contribution < -0.4 is 14.8 Å². The van der Waals surface area contributed by atoms with Gasteiger partial charge in [-0.25, -0.2) is 4.79 Å². The summed E-state index contributed by atoms with van der Waals surface area (Å²) in [6.07, 6.45) is 3.58. The van der Waals surface area contributed by atoms with Crippen LogP contribution in [0, 0.1) is 0 Å². The van der Waals surface area contributed by atoms with E-state index in [0.29, 0.717) is 17.1 Å². The molecule has 6 nitrogen and oxygen atoms in total. The molecule has 0 saturated heterocycles. The molecule has 0 bridgehead atoms. The lowest BCUT2D eigenvalue weighted by molar-refractivity contribution is -0.144. The lowest BCUT2D eigenvalue weighted by Crippen LogP contribution is -2.44. The summed E-state index contributed by atoms with van der Waals surface area (Å²) < 4.78 is 15.3. The monoisotopic (exact) mass is 335 g/mol. The molecule has 6 heteroatoms. The normalized spacial score (nSPS) is 11.2. The van der Waals surface area contributed by atoms with Gasteiger partial charge in [0.1, 0.15) is 11.5 Å². The molecule has 0 aliphatic rings. The summed E-state index contributed by atoms with van der Waals surface area (Å²) in [5, 5.41) is 2.79. The smallest absolute Gasteiger partial charge is 0.331 e. The molecule has 0 radical (unpaired) electrons. The topological polar surface area (TPSA) is 73.9 Å². The standard InChI is InChI=1S/C18H25NO5/c1-6-18(2,3)19-16(20)12-24-17(21)10-7-13-11-14(22-4)8-9-15(13)23-5/h7-11H,6,12H2,1-5H3,(H,19,20)/b10-7+. The number of amides is 1. The molecule has 1 N–H and O–H groups in total. The average molecular weight is 335 g/mol. The number of esters is 1. The van der Waals surface area contributed by atoms with E-state index in [-0.39, 0.29) is 18.1 Å². The van der Waals surface area contributed by atoms with Crippen molar-refractivity contribution in [1.82, 2.24) is 5.32 Å². The number of ether oxygens (including phenoxy) is 3. The molecule has 132 valence electrons. The van der Waals surface area contributed by atoms with Crippen molar-refractivity contribution in [2.45, 2.75) is 32.7 Å². The number of hydrogen-bond acceptors (Lipinski definition) is 5. The molecule has 0 aliphatic heterocycles. The van der Waals surface area contributed by atoms with E-state index in [0.717, 1.165) is 6.42 Å². The van der Waals surface area contributed by atoms with E-state index in [1.807, 2.05) is 20.8 Å². The number of hydrogen-bond donors (Lipinski definition) is 1. The van der Waals surface area contributed by atoms with Crippen molar-refractivity contribution >= 4 is 18.0 Å². The van der Waals surface area contributed by atoms with Gasteiger partial charge in [0.2, 0.25) is 0 Å². The fourth-order valence-corrected chi connectivity index (χ4v) is 1.81. The number of rotatable bonds is 8. The Hall–Kier alpha value is -2.50. The highest BCUT2D eigenvalue weighted by molar-refractivity contribution is 5.89. The van der Waals surface area contributed by atoms with Crippen LogP contribution in [0.4, 0.5) is 0 Å². The fourth-order valence-electron chi connectivity index (χ4n) is 1.81. The highest BCUT2D eigenvalue weighted by Gasteiger charge is 2.18. The van der Waals surface area contributed by atoms with Gasteiger partial charge in [-0.05, 0) is 44.5 Å². The second-order valence-electron chi connectivity index (χ2n) is 5.83. The molecule has 0 spiro atoms. The quantitative estimate of drug-likeness (QED) is 0.584. The zero-order chi connectivity index (χ0) is 18.2. The Labute approximate surface area is 142 Å². The Morgan fingerprint density at radius 2 is 1.92 bits per heavy atom. The molecule has 1 aromatic carbocycles. The Kier molecular flexibility index (Phi) is 7.30. The van der Waals surface area contributed by atoms with E-state index < -0.39 is 5.97 Å². The molecule has 0 aliphatic carbocycles. The third kappa shape index (κ3) is 6.32. The summed E-state index contributed by atoms with van der Waals surface area (Å²) >= 11 is 0. The van der Waals surface area contributed by atoms with Gasteiger partial charge in [-0.15, -0.1) is 0 Å². The zero-order valence-corrected chi connectivity index (χ0v) is 14.8. The highest BCUT2D eigenvalue weighted by atomic mass is 16.5. The minimum Gasteiger partial charge on any atom is -0.497 e. The Morgan fingerprint density at radius 1 is 1.21 bits per heavy atom. The van der Waals surface area contributed by atoms with Crippen LogP contribution in [0.15, 0.2) is 24.3 Å². The fraction of sp³-hybridized carbons (Fsp3) is 0.444. The minimum atomic E-state index is -0.607. The van der Waals surface area contributed by atoms with Crippen LogP contribution in [0.1, 0.15) is 32.8 Å². The lowest BCUT2D eigenvalue weighted by atomic mass is 10.0. The molecule has 1 amide bonds. The molecule has 1 aromatic rings. The second kappa shape index (κ2) is 8.96. The SMILES string of the molecule is CCC(C)(C)NC(=O)COC(=O)/C=C/c1cc(OC)ccc1OC. The first kappa shape index (κ1) is 19.5. The third-order valence-corrected chi connectivity index (χ3v) is 3.54. The summed E-state index contributed by atoms with van der Waals surface area (Å²) in [6, 6.07) is 5.23. The maximum atomic E-state index is 11.7. The van der Waals surface area contributed by atoms with Gasteiger partial charge in [-0.2, -0.15) is 0 Å². The Balaban J connectivity index is 2.62. The number of carbonyl (C=O) groups is 2. The van der Waals surface area contributed by atoms with Gasteiger partial charge in [0.05, 0.1) is 14.2 Å². The van der Waals surface area contributed by atoms with E-state index in [1.54, 1.807) is 31.4 Å². The van der Waals surface area contributed by atoms with Gasteiger partial charge in [0, 0.05) is 17.2 Å². The summed E-state index contributed by atoms with van der Waals surface area (Å²) in [5.74, 6) is 0.305. The maximum absolute atomic E-state index is 11.7. The van der Waals surface area contributed by atoms with Crippen LogP contribution in [0.2, 0.25) is 0 Å². The molecular formula is C18H25NO5. The van der Waals surface area contributed by atoms with Crippen molar-refractivity contribution in [3.05, 3.63) is 29.8 Å². The first-order valence-electron chi connectivity index (χ1n) is 7.69. The van der Waals surface area contributed by atoms with Crippen LogP contribution >= 0.6 is 0 Å². The van der Waals surface area contributed by atoms with Crippen LogP contribution in [-0.2, 0) is 14.3 Å². The average Bonchev–Trinajstić information content (AvgIpc) is 2.57. The van der Waals surface area contributed by atoms with Crippen LogP contribution in [-0.4, -0.2) is 38.2 Å². The third-order valence-electron chi connectivity index (χ3n) is 3.54. The maximum Gasteiger partial charge on any atom is 0.331 e. The summed E-state index contributed by atoms with van der Waals surface area (Å²) in [7, 11) is 3.09. The molecule has 24 heavy (non-hydrogen) atoms. The molecule has 0 aromatic heterocycles. The van der Waals surface area contributed by atoms with Crippen molar-refractivity contribution in [2.24, 2.45) is 0 Å². The summed E-state index contributed by atoms with van der Waals surface area (Å²) in [6.45, 7) is 5.46. The Bertz CT molecular complexity index is 607. The molecule has 1 rings (SSSR count). The van der Waals surface area contributed by atoms with Crippen LogP contribution in [0.5, 0.6) is 11.5 Å². The number of methoxy groups -OCH3 is 2. The zero-order valence-electron chi connectivity index (χ0n) is 14.8. The van der Waals surface area contributed by atoms with E-state index in [2.05, 4.69) is 5.32 Å². The second-order valence-corrected chi connectivity index (χ2v) is 5.83. The van der Waals surface area contributed by atoms with Gasteiger partial charge in [0.25, 0.3) is 5.91 Å². The Morgan fingerprint density at radius 3 is 2.50 bits per heavy atom. The number of nitrogens with one attached hydrogen (secondary N) is 1. The van der Waals surface area contributed by atoms with Gasteiger partial charge in [0.15, 0.2) is 6.61 Å². The molecule has 0 fully saturated rings. The van der Waals surface area contributed by atoms with Crippen molar-refractivity contribution in [1.29, 1.82) is 0 Å². The lowest BCUT2D eigenvalue weighted by Gasteiger charge is -2.24. The molecule has 0 saturated carbocycles. The number of carbonyl (C=O) groups excluding carboxylic acids is 2. The van der Waals surface area contributed by atoms with E-state index >= 15 is 0 Å². The van der Waals surface area contributed by atoms with Crippen molar-refractivity contribution < 1.29 is 23.8 Å². The van der Waals surface area contributed by atoms with Gasteiger partial charge < -0.3 is 19.5 Å². The van der Waals surface area contributed by atoms with E-state index in [4.69, 9.17) is 14.2 Å². The molecular weight excluding hydrogens is 310 g/mol. The highest BCUT2D eigenvalue weighted by Crippen LogP contribution is 2.25. The summed E-state index contributed by atoms with van der Waals surface area (Å²) in [4.78, 5) is 23.5. The van der Waals surface area contributed by atoms with Gasteiger partial charge in [-0.1, -0.05) is 6.92 Å². The first-order valence-corrected chi connectivity index (χ1v) is 7.69. The van der Waals surface area contributed by atoms with Crippen molar-refractivity contribution in [3.63, 3.8) is 0 Å². The molecule has 0 unspecified atom stereocenters. The largest absolute Gasteiger partial charge is 0.497 e. The molecule has 0 atom stereocenters. The van der Waals surface area contributed by atoms with Gasteiger partial charge in [-0.3, -0.25) is 4.79 Å². The molecule has 0 heterocycles. The summed E-state index contributed by atoms with van der Waals surface area (Å²) in [5.41, 5.74) is 0.346. The van der Waals surface area contributed by atoms with Gasteiger partial charge >= 0.3 is 5.97 Å². The predicted molar refractivity (Wildman–Crippen MR) is 92.1 cm³/mol. The number of benzene rings is 1. The van der Waals surface area contributed by atoms with Crippen LogP contribution in [0.25, 0.3) is 6.08 Å². The first-order chi connectivity index (χ1) is 11.3.